The molecule has 1 aromatic carbocycles. The molecule has 0 saturated heterocycles. The largest absolute Gasteiger partial charge is 0.488 e. The highest BCUT2D eigenvalue weighted by atomic mass is 19.1. The molecule has 0 bridgehead atoms. The molecule has 0 spiro atoms. The molecule has 0 atom stereocenters. The molecule has 0 unspecified atom stereocenters. The molecule has 110 valence electrons. The summed E-state index contributed by atoms with van der Waals surface area (Å²) in [7, 11) is 1.63. The van der Waals surface area contributed by atoms with Gasteiger partial charge in [0.25, 0.3) is 5.91 Å². The highest BCUT2D eigenvalue weighted by Gasteiger charge is 2.13. The fourth-order valence-corrected chi connectivity index (χ4v) is 1.86. The second-order valence-corrected chi connectivity index (χ2v) is 4.40. The van der Waals surface area contributed by atoms with Crippen LogP contribution in [0.3, 0.4) is 0 Å². The zero-order valence-electron chi connectivity index (χ0n) is 11.7. The lowest BCUT2D eigenvalue weighted by Crippen LogP contribution is -2.21. The number of nitrogens with one attached hydrogen (secondary N) is 1. The number of aromatic nitrogens is 1. The Morgan fingerprint density at radius 2 is 2.14 bits per heavy atom. The van der Waals surface area contributed by atoms with Crippen LogP contribution in [0.2, 0.25) is 0 Å². The van der Waals surface area contributed by atoms with Crippen molar-refractivity contribution >= 4 is 11.6 Å². The Hall–Kier alpha value is -2.63. The summed E-state index contributed by atoms with van der Waals surface area (Å²) in [6.45, 7) is 2.13. The summed E-state index contributed by atoms with van der Waals surface area (Å²) in [5, 5.41) is 2.54. The van der Waals surface area contributed by atoms with Gasteiger partial charge >= 0.3 is 0 Å². The first-order valence-corrected chi connectivity index (χ1v) is 6.41. The summed E-state index contributed by atoms with van der Waals surface area (Å²) in [5.74, 6) is -0.765. The summed E-state index contributed by atoms with van der Waals surface area (Å²) in [5.41, 5.74) is 0.105. The molecule has 0 fully saturated rings. The van der Waals surface area contributed by atoms with Crippen LogP contribution in [0.1, 0.15) is 17.4 Å². The molecule has 1 amide bonds. The highest BCUT2D eigenvalue weighted by Crippen LogP contribution is 2.12. The summed E-state index contributed by atoms with van der Waals surface area (Å²) in [6, 6.07) is 6.72. The first kappa shape index (κ1) is 14.8. The third-order valence-corrected chi connectivity index (χ3v) is 2.82. The van der Waals surface area contributed by atoms with Crippen LogP contribution in [0.15, 0.2) is 41.3 Å². The lowest BCUT2D eigenvalue weighted by molar-refractivity contribution is 0.101. The van der Waals surface area contributed by atoms with Gasteiger partial charge in [0.1, 0.15) is 11.5 Å². The van der Waals surface area contributed by atoms with Gasteiger partial charge in [-0.05, 0) is 25.1 Å². The van der Waals surface area contributed by atoms with E-state index in [9.17, 15) is 14.0 Å². The summed E-state index contributed by atoms with van der Waals surface area (Å²) >= 11 is 0. The van der Waals surface area contributed by atoms with Gasteiger partial charge in [-0.1, -0.05) is 6.07 Å². The van der Waals surface area contributed by atoms with E-state index in [-0.39, 0.29) is 16.9 Å². The molecule has 0 aliphatic rings. The number of carbonyl (C=O) groups is 1. The number of anilines is 1. The molecule has 1 aromatic heterocycles. The average molecular weight is 290 g/mol. The standard InChI is InChI=1S/C15H15FN2O3/c1-3-21-14-9-18(2)12(8-13(14)19)15(20)17-11-6-4-5-10(16)7-11/h4-9H,3H2,1-2H3,(H,17,20). The summed E-state index contributed by atoms with van der Waals surface area (Å²) in [4.78, 5) is 23.9. The van der Waals surface area contributed by atoms with E-state index < -0.39 is 11.7 Å². The van der Waals surface area contributed by atoms with E-state index in [4.69, 9.17) is 4.74 Å². The Balaban J connectivity index is 2.27. The van der Waals surface area contributed by atoms with Gasteiger partial charge in [0.05, 0.1) is 12.8 Å². The Labute approximate surface area is 121 Å². The van der Waals surface area contributed by atoms with E-state index in [1.54, 1.807) is 20.0 Å². The first-order chi connectivity index (χ1) is 10.0. The van der Waals surface area contributed by atoms with Gasteiger partial charge in [0.15, 0.2) is 5.75 Å². The zero-order valence-corrected chi connectivity index (χ0v) is 11.7. The van der Waals surface area contributed by atoms with Crippen molar-refractivity contribution in [2.75, 3.05) is 11.9 Å². The molecule has 5 nitrogen and oxygen atoms in total. The Kier molecular flexibility index (Phi) is 4.37. The number of amides is 1. The maximum Gasteiger partial charge on any atom is 0.272 e. The Bertz CT molecular complexity index is 725. The van der Waals surface area contributed by atoms with Crippen molar-refractivity contribution in [1.82, 2.24) is 4.57 Å². The van der Waals surface area contributed by atoms with Crippen LogP contribution in [-0.4, -0.2) is 17.1 Å². The predicted molar refractivity (Wildman–Crippen MR) is 77.2 cm³/mol. The van der Waals surface area contributed by atoms with Crippen LogP contribution < -0.4 is 15.5 Å². The normalized spacial score (nSPS) is 10.2. The fraction of sp³-hybridized carbons (Fsp3) is 0.200. The minimum Gasteiger partial charge on any atom is -0.488 e. The van der Waals surface area contributed by atoms with E-state index in [1.807, 2.05) is 0 Å². The van der Waals surface area contributed by atoms with E-state index in [1.165, 1.54) is 35.0 Å². The van der Waals surface area contributed by atoms with Gasteiger partial charge in [0, 0.05) is 18.8 Å². The molecule has 21 heavy (non-hydrogen) atoms. The van der Waals surface area contributed by atoms with Crippen LogP contribution in [0.4, 0.5) is 10.1 Å². The molecule has 0 radical (unpaired) electrons. The molecule has 0 aliphatic carbocycles. The molecule has 2 rings (SSSR count). The smallest absolute Gasteiger partial charge is 0.272 e. The summed E-state index contributed by atoms with van der Waals surface area (Å²) < 4.78 is 19.7. The predicted octanol–water partition coefficient (Wildman–Crippen LogP) is 2.18. The number of rotatable bonds is 4. The maximum absolute atomic E-state index is 13.1. The second-order valence-electron chi connectivity index (χ2n) is 4.40. The highest BCUT2D eigenvalue weighted by molar-refractivity contribution is 6.03. The number of carbonyl (C=O) groups excluding carboxylic acids is 1. The number of aryl methyl sites for hydroxylation is 1. The Morgan fingerprint density at radius 3 is 2.81 bits per heavy atom. The SMILES string of the molecule is CCOc1cn(C)c(C(=O)Nc2cccc(F)c2)cc1=O. The van der Waals surface area contributed by atoms with Crippen LogP contribution >= 0.6 is 0 Å². The van der Waals surface area contributed by atoms with Gasteiger partial charge in [-0.25, -0.2) is 4.39 Å². The molecule has 2 aromatic rings. The van der Waals surface area contributed by atoms with E-state index in [2.05, 4.69) is 5.32 Å². The number of pyridine rings is 1. The third-order valence-electron chi connectivity index (χ3n) is 2.82. The van der Waals surface area contributed by atoms with E-state index in [0.717, 1.165) is 0 Å². The minimum absolute atomic E-state index is 0.160. The number of ether oxygens (including phenoxy) is 1. The van der Waals surface area contributed by atoms with Crippen molar-refractivity contribution in [2.24, 2.45) is 7.05 Å². The average Bonchev–Trinajstić information content (AvgIpc) is 2.42. The van der Waals surface area contributed by atoms with Crippen LogP contribution in [-0.2, 0) is 7.05 Å². The van der Waals surface area contributed by atoms with E-state index >= 15 is 0 Å². The third kappa shape index (κ3) is 3.47. The number of halogens is 1. The molecular weight excluding hydrogens is 275 g/mol. The van der Waals surface area contributed by atoms with Crippen LogP contribution in [0.5, 0.6) is 5.75 Å². The maximum atomic E-state index is 13.1. The molecule has 1 heterocycles. The molecule has 1 N–H and O–H groups in total. The number of benzene rings is 1. The number of hydrogen-bond acceptors (Lipinski definition) is 3. The van der Waals surface area contributed by atoms with Crippen molar-refractivity contribution in [1.29, 1.82) is 0 Å². The lowest BCUT2D eigenvalue weighted by atomic mass is 10.2. The quantitative estimate of drug-likeness (QED) is 0.938. The van der Waals surface area contributed by atoms with Gasteiger partial charge in [0.2, 0.25) is 5.43 Å². The Morgan fingerprint density at radius 1 is 1.38 bits per heavy atom. The van der Waals surface area contributed by atoms with Crippen LogP contribution in [0, 0.1) is 5.82 Å². The monoisotopic (exact) mass is 290 g/mol. The van der Waals surface area contributed by atoms with Gasteiger partial charge in [-0.3, -0.25) is 9.59 Å². The van der Waals surface area contributed by atoms with Gasteiger partial charge in [-0.2, -0.15) is 0 Å². The van der Waals surface area contributed by atoms with E-state index in [0.29, 0.717) is 12.3 Å². The van der Waals surface area contributed by atoms with Crippen molar-refractivity contribution in [2.45, 2.75) is 6.92 Å². The van der Waals surface area contributed by atoms with Crippen molar-refractivity contribution in [3.63, 3.8) is 0 Å². The van der Waals surface area contributed by atoms with Crippen molar-refractivity contribution in [3.8, 4) is 5.75 Å². The number of hydrogen-bond donors (Lipinski definition) is 1. The minimum atomic E-state index is -0.497. The van der Waals surface area contributed by atoms with Crippen molar-refractivity contribution in [3.05, 3.63) is 58.3 Å². The molecule has 0 aliphatic heterocycles. The van der Waals surface area contributed by atoms with Crippen LogP contribution in [0.25, 0.3) is 0 Å². The fourth-order valence-electron chi connectivity index (χ4n) is 1.86. The van der Waals surface area contributed by atoms with Gasteiger partial charge in [-0.15, -0.1) is 0 Å². The topological polar surface area (TPSA) is 60.3 Å². The lowest BCUT2D eigenvalue weighted by Gasteiger charge is -2.11. The molecular formula is C15H15FN2O3. The zero-order chi connectivity index (χ0) is 15.4. The second kappa shape index (κ2) is 6.21. The van der Waals surface area contributed by atoms with Gasteiger partial charge < -0.3 is 14.6 Å². The molecule has 0 saturated carbocycles. The summed E-state index contributed by atoms with van der Waals surface area (Å²) in [6.07, 6.45) is 1.45. The number of nitrogens with zero attached hydrogens (tertiary/aromatic N) is 1. The first-order valence-electron chi connectivity index (χ1n) is 6.41. The molecule has 6 heteroatoms. The van der Waals surface area contributed by atoms with Crippen molar-refractivity contribution < 1.29 is 13.9 Å².